The van der Waals surface area contributed by atoms with Crippen molar-refractivity contribution in [3.05, 3.63) is 90.5 Å². The van der Waals surface area contributed by atoms with Crippen LogP contribution in [0.1, 0.15) is 29.8 Å². The van der Waals surface area contributed by atoms with Gasteiger partial charge >= 0.3 is 0 Å². The molecule has 2 aromatic carbocycles. The van der Waals surface area contributed by atoms with Crippen LogP contribution in [0.25, 0.3) is 22.2 Å². The number of carbonyl (C=O) groups is 1. The largest absolute Gasteiger partial charge is 0.471 e. The first kappa shape index (κ1) is 22.3. The predicted molar refractivity (Wildman–Crippen MR) is 135 cm³/mol. The van der Waals surface area contributed by atoms with E-state index >= 15 is 0 Å². The molecule has 176 valence electrons. The maximum Gasteiger partial charge on any atom is 0.256 e. The Labute approximate surface area is 203 Å². The van der Waals surface area contributed by atoms with Gasteiger partial charge in [-0.1, -0.05) is 37.3 Å². The molecule has 0 atom stereocenters. The van der Waals surface area contributed by atoms with E-state index in [0.717, 1.165) is 35.2 Å². The third-order valence-corrected chi connectivity index (χ3v) is 5.80. The van der Waals surface area contributed by atoms with Crippen LogP contribution in [-0.2, 0) is 19.7 Å². The maximum atomic E-state index is 13.3. The van der Waals surface area contributed by atoms with Crippen molar-refractivity contribution < 1.29 is 9.53 Å². The van der Waals surface area contributed by atoms with E-state index in [0.29, 0.717) is 16.9 Å². The zero-order valence-corrected chi connectivity index (χ0v) is 19.7. The minimum absolute atomic E-state index is 0.233. The van der Waals surface area contributed by atoms with Gasteiger partial charge in [-0.2, -0.15) is 10.2 Å². The second-order valence-electron chi connectivity index (χ2n) is 8.15. The van der Waals surface area contributed by atoms with E-state index in [1.165, 1.54) is 5.56 Å². The summed E-state index contributed by atoms with van der Waals surface area (Å²) in [6.07, 6.45) is 8.03. The normalized spacial score (nSPS) is 11.0. The number of nitrogens with one attached hydrogen (secondary N) is 1. The first-order valence-electron chi connectivity index (χ1n) is 11.6. The minimum Gasteiger partial charge on any atom is -0.471 e. The molecule has 3 heterocycles. The second kappa shape index (κ2) is 9.80. The van der Waals surface area contributed by atoms with Crippen LogP contribution in [0.3, 0.4) is 0 Å². The summed E-state index contributed by atoms with van der Waals surface area (Å²) in [5.41, 5.74) is 4.69. The number of pyridine rings is 1. The highest BCUT2D eigenvalue weighted by atomic mass is 16.5. The van der Waals surface area contributed by atoms with Gasteiger partial charge in [0.15, 0.2) is 6.73 Å². The molecule has 0 saturated carbocycles. The van der Waals surface area contributed by atoms with E-state index in [2.05, 4.69) is 22.4 Å². The fourth-order valence-electron chi connectivity index (χ4n) is 3.84. The van der Waals surface area contributed by atoms with Gasteiger partial charge in [0.2, 0.25) is 0 Å². The Morgan fingerprint density at radius 1 is 0.971 bits per heavy atom. The van der Waals surface area contributed by atoms with Gasteiger partial charge in [-0.25, -0.2) is 9.67 Å². The molecule has 0 saturated heterocycles. The van der Waals surface area contributed by atoms with Crippen molar-refractivity contribution in [1.29, 1.82) is 0 Å². The van der Waals surface area contributed by atoms with Crippen LogP contribution in [0.2, 0.25) is 0 Å². The van der Waals surface area contributed by atoms with E-state index in [-0.39, 0.29) is 12.6 Å². The van der Waals surface area contributed by atoms with Gasteiger partial charge in [0, 0.05) is 23.7 Å². The molecule has 5 rings (SSSR count). The fourth-order valence-corrected chi connectivity index (χ4v) is 3.84. The minimum atomic E-state index is -0.233. The van der Waals surface area contributed by atoms with Crippen molar-refractivity contribution in [2.75, 3.05) is 5.32 Å². The molecule has 8 nitrogen and oxygen atoms in total. The van der Waals surface area contributed by atoms with Crippen molar-refractivity contribution >= 4 is 22.5 Å². The van der Waals surface area contributed by atoms with Gasteiger partial charge in [-0.15, -0.1) is 0 Å². The molecular formula is C27H26N6O2. The van der Waals surface area contributed by atoms with E-state index < -0.39 is 0 Å². The van der Waals surface area contributed by atoms with Crippen molar-refractivity contribution in [3.8, 4) is 17.0 Å². The number of aromatic nitrogens is 5. The van der Waals surface area contributed by atoms with Crippen LogP contribution in [0.4, 0.5) is 5.69 Å². The maximum absolute atomic E-state index is 13.3. The van der Waals surface area contributed by atoms with Crippen LogP contribution >= 0.6 is 0 Å². The SMILES string of the molecule is CCc1ccc(OCn2cc(NC(=O)c3cc(-c4cnn(CC)c4)nc4ccccc34)cn2)cc1. The lowest BCUT2D eigenvalue weighted by Gasteiger charge is -2.09. The lowest BCUT2D eigenvalue weighted by atomic mass is 10.0. The van der Waals surface area contributed by atoms with Gasteiger partial charge < -0.3 is 10.1 Å². The Hall–Kier alpha value is -4.46. The van der Waals surface area contributed by atoms with Gasteiger partial charge in [0.1, 0.15) is 5.75 Å². The number of para-hydroxylation sites is 1. The summed E-state index contributed by atoms with van der Waals surface area (Å²) in [7, 11) is 0. The molecule has 0 aliphatic rings. The molecule has 0 fully saturated rings. The summed E-state index contributed by atoms with van der Waals surface area (Å²) in [4.78, 5) is 18.0. The number of anilines is 1. The molecule has 0 aliphatic carbocycles. The van der Waals surface area contributed by atoms with Crippen LogP contribution in [0.5, 0.6) is 5.75 Å². The van der Waals surface area contributed by atoms with Crippen LogP contribution in [0, 0.1) is 0 Å². The number of fused-ring (bicyclic) bond motifs is 1. The fraction of sp³-hybridized carbons (Fsp3) is 0.185. The number of ether oxygens (including phenoxy) is 1. The first-order valence-corrected chi connectivity index (χ1v) is 11.6. The number of hydrogen-bond acceptors (Lipinski definition) is 5. The summed E-state index contributed by atoms with van der Waals surface area (Å²) in [6.45, 7) is 5.14. The Balaban J connectivity index is 1.34. The molecule has 3 aromatic heterocycles. The first-order chi connectivity index (χ1) is 17.1. The lowest BCUT2D eigenvalue weighted by Crippen LogP contribution is -2.13. The van der Waals surface area contributed by atoms with E-state index in [4.69, 9.17) is 9.72 Å². The highest BCUT2D eigenvalue weighted by molar-refractivity contribution is 6.13. The van der Waals surface area contributed by atoms with Gasteiger partial charge in [0.05, 0.1) is 41.1 Å². The average Bonchev–Trinajstić information content (AvgIpc) is 3.56. The summed E-state index contributed by atoms with van der Waals surface area (Å²) >= 11 is 0. The molecule has 35 heavy (non-hydrogen) atoms. The molecule has 0 bridgehead atoms. The van der Waals surface area contributed by atoms with Gasteiger partial charge in [-0.05, 0) is 43.2 Å². The number of benzene rings is 2. The molecule has 5 aromatic rings. The predicted octanol–water partition coefficient (Wildman–Crippen LogP) is 5.17. The summed E-state index contributed by atoms with van der Waals surface area (Å²) in [5, 5.41) is 12.4. The average molecular weight is 467 g/mol. The van der Waals surface area contributed by atoms with Gasteiger partial charge in [-0.3, -0.25) is 9.48 Å². The quantitative estimate of drug-likeness (QED) is 0.341. The number of nitrogens with zero attached hydrogens (tertiary/aromatic N) is 5. The van der Waals surface area contributed by atoms with Crippen LogP contribution in [0.15, 0.2) is 79.4 Å². The molecular weight excluding hydrogens is 440 g/mol. The molecule has 1 N–H and O–H groups in total. The smallest absolute Gasteiger partial charge is 0.256 e. The summed E-state index contributed by atoms with van der Waals surface area (Å²) in [6, 6.07) is 17.4. The lowest BCUT2D eigenvalue weighted by molar-refractivity contribution is 0.102. The monoisotopic (exact) mass is 466 g/mol. The second-order valence-corrected chi connectivity index (χ2v) is 8.15. The van der Waals surface area contributed by atoms with Crippen molar-refractivity contribution in [1.82, 2.24) is 24.5 Å². The molecule has 8 heteroatoms. The third kappa shape index (κ3) is 4.91. The van der Waals surface area contributed by atoms with E-state index in [1.54, 1.807) is 23.3 Å². The van der Waals surface area contributed by atoms with Crippen LogP contribution in [-0.4, -0.2) is 30.5 Å². The Kier molecular flexibility index (Phi) is 6.26. The summed E-state index contributed by atoms with van der Waals surface area (Å²) < 4.78 is 9.27. The number of rotatable bonds is 8. The molecule has 0 radical (unpaired) electrons. The van der Waals surface area contributed by atoms with Crippen molar-refractivity contribution in [2.45, 2.75) is 33.5 Å². The third-order valence-electron chi connectivity index (χ3n) is 5.80. The molecule has 0 spiro atoms. The standard InChI is InChI=1S/C27H26N6O2/c1-3-19-9-11-22(12-10-19)35-18-33-17-21(15-29-33)30-27(34)24-13-26(20-14-28-32(4-2)16-20)31-25-8-6-5-7-23(24)25/h5-17H,3-4,18H2,1-2H3,(H,30,34). The molecule has 0 unspecified atom stereocenters. The zero-order valence-electron chi connectivity index (χ0n) is 19.7. The Morgan fingerprint density at radius 3 is 2.54 bits per heavy atom. The molecule has 0 aliphatic heterocycles. The number of hydrogen-bond donors (Lipinski definition) is 1. The number of amides is 1. The van der Waals surface area contributed by atoms with Crippen LogP contribution < -0.4 is 10.1 Å². The van der Waals surface area contributed by atoms with Gasteiger partial charge in [0.25, 0.3) is 5.91 Å². The Morgan fingerprint density at radius 2 is 1.77 bits per heavy atom. The highest BCUT2D eigenvalue weighted by Crippen LogP contribution is 2.25. The highest BCUT2D eigenvalue weighted by Gasteiger charge is 2.16. The number of carbonyl (C=O) groups excluding carboxylic acids is 1. The van der Waals surface area contributed by atoms with Crippen molar-refractivity contribution in [3.63, 3.8) is 0 Å². The zero-order chi connectivity index (χ0) is 24.2. The number of aryl methyl sites for hydroxylation is 2. The van der Waals surface area contributed by atoms with Crippen molar-refractivity contribution in [2.24, 2.45) is 0 Å². The summed E-state index contributed by atoms with van der Waals surface area (Å²) in [5.74, 6) is 0.536. The van der Waals surface area contributed by atoms with E-state index in [9.17, 15) is 4.79 Å². The topological polar surface area (TPSA) is 86.9 Å². The Bertz CT molecular complexity index is 1470. The molecule has 1 amide bonds. The van der Waals surface area contributed by atoms with E-state index in [1.807, 2.05) is 72.4 Å².